The summed E-state index contributed by atoms with van der Waals surface area (Å²) in [7, 11) is 1.83. The predicted molar refractivity (Wildman–Crippen MR) is 123 cm³/mol. The molecule has 0 bridgehead atoms. The molecule has 3 aromatic rings. The molecule has 3 rings (SSSR count). The van der Waals surface area contributed by atoms with Gasteiger partial charge in [-0.2, -0.15) is 0 Å². The molecule has 0 radical (unpaired) electrons. The number of carbonyl (C=O) groups excluding carboxylic acids is 2. The second-order valence-electron chi connectivity index (χ2n) is 7.55. The van der Waals surface area contributed by atoms with Crippen molar-refractivity contribution in [3.8, 4) is 0 Å². The molecule has 2 amide bonds. The van der Waals surface area contributed by atoms with Crippen molar-refractivity contribution < 1.29 is 9.59 Å². The van der Waals surface area contributed by atoms with Crippen LogP contribution in [0.5, 0.6) is 0 Å². The Balaban J connectivity index is 1.59. The topological polar surface area (TPSA) is 88.9 Å². The number of amides is 2. The Morgan fingerprint density at radius 3 is 2.48 bits per heavy atom. The Morgan fingerprint density at radius 1 is 1.03 bits per heavy atom. The summed E-state index contributed by atoms with van der Waals surface area (Å²) in [5.74, 6) is 0.566. The lowest BCUT2D eigenvalue weighted by atomic mass is 10.1. The lowest BCUT2D eigenvalue weighted by molar-refractivity contribution is -0.113. The van der Waals surface area contributed by atoms with Gasteiger partial charge in [0.15, 0.2) is 11.0 Å². The summed E-state index contributed by atoms with van der Waals surface area (Å²) in [5, 5.41) is 14.9. The number of thioether (sulfide) groups is 1. The first-order valence-corrected chi connectivity index (χ1v) is 11.0. The molecule has 0 aliphatic rings. The van der Waals surface area contributed by atoms with Crippen molar-refractivity contribution in [3.63, 3.8) is 0 Å². The fraction of sp³-hybridized carbons (Fsp3) is 0.304. The number of anilines is 1. The van der Waals surface area contributed by atoms with Crippen LogP contribution in [0.15, 0.2) is 47.6 Å². The second kappa shape index (κ2) is 9.78. The van der Waals surface area contributed by atoms with Crippen molar-refractivity contribution in [1.82, 2.24) is 20.1 Å². The number of hydrogen-bond acceptors (Lipinski definition) is 5. The van der Waals surface area contributed by atoms with Crippen molar-refractivity contribution in [2.45, 2.75) is 38.9 Å². The molecule has 1 atom stereocenters. The molecule has 0 unspecified atom stereocenters. The summed E-state index contributed by atoms with van der Waals surface area (Å²) in [6.07, 6.45) is 0. The van der Waals surface area contributed by atoms with E-state index in [2.05, 4.69) is 20.8 Å². The monoisotopic (exact) mass is 437 g/mol. The van der Waals surface area contributed by atoms with Crippen molar-refractivity contribution >= 4 is 29.3 Å². The number of aromatic nitrogens is 3. The highest BCUT2D eigenvalue weighted by atomic mass is 32.2. The minimum absolute atomic E-state index is 0.112. The van der Waals surface area contributed by atoms with Crippen LogP contribution >= 0.6 is 11.8 Å². The van der Waals surface area contributed by atoms with Crippen molar-refractivity contribution in [3.05, 3.63) is 70.5 Å². The summed E-state index contributed by atoms with van der Waals surface area (Å²) in [6.45, 7) is 7.81. The molecule has 0 fully saturated rings. The Bertz CT molecular complexity index is 1110. The molecule has 2 N–H and O–H groups in total. The van der Waals surface area contributed by atoms with Crippen LogP contribution in [0.3, 0.4) is 0 Å². The van der Waals surface area contributed by atoms with E-state index < -0.39 is 0 Å². The van der Waals surface area contributed by atoms with E-state index in [9.17, 15) is 9.59 Å². The van der Waals surface area contributed by atoms with Gasteiger partial charge in [-0.3, -0.25) is 9.59 Å². The van der Waals surface area contributed by atoms with E-state index >= 15 is 0 Å². The van der Waals surface area contributed by atoms with E-state index in [1.54, 1.807) is 10.6 Å². The van der Waals surface area contributed by atoms with Crippen LogP contribution in [0.1, 0.15) is 45.8 Å². The molecule has 1 heterocycles. The van der Waals surface area contributed by atoms with Crippen molar-refractivity contribution in [2.24, 2.45) is 7.05 Å². The summed E-state index contributed by atoms with van der Waals surface area (Å²) >= 11 is 1.30. The normalized spacial score (nSPS) is 11.8. The van der Waals surface area contributed by atoms with Gasteiger partial charge in [0, 0.05) is 18.3 Å². The van der Waals surface area contributed by atoms with Gasteiger partial charge in [0.1, 0.15) is 0 Å². The quantitative estimate of drug-likeness (QED) is 0.546. The summed E-state index contributed by atoms with van der Waals surface area (Å²) in [5.41, 5.74) is 4.64. The molecule has 0 saturated carbocycles. The first-order chi connectivity index (χ1) is 14.8. The maximum Gasteiger partial charge on any atom is 0.252 e. The van der Waals surface area contributed by atoms with E-state index in [1.807, 2.05) is 71.1 Å². The van der Waals surface area contributed by atoms with Crippen molar-refractivity contribution in [1.29, 1.82) is 0 Å². The molecule has 0 spiro atoms. The van der Waals surface area contributed by atoms with Gasteiger partial charge in [0.25, 0.3) is 5.91 Å². The minimum Gasteiger partial charge on any atom is -0.342 e. The standard InChI is InChI=1S/C23H27N5O2S/c1-14-10-11-18(12-16(14)3)25-20(29)13-31-23-27-26-21(28(23)5)17(4)24-22(30)19-9-7-6-8-15(19)2/h6-12,17H,13H2,1-5H3,(H,24,30)(H,25,29)/t17-/m1/s1. The Morgan fingerprint density at radius 2 is 1.77 bits per heavy atom. The van der Waals surface area contributed by atoms with Gasteiger partial charge >= 0.3 is 0 Å². The molecular weight excluding hydrogens is 410 g/mol. The molecule has 162 valence electrons. The van der Waals surface area contributed by atoms with Crippen LogP contribution in [-0.2, 0) is 11.8 Å². The Labute approximate surface area is 186 Å². The van der Waals surface area contributed by atoms with Gasteiger partial charge in [-0.15, -0.1) is 10.2 Å². The van der Waals surface area contributed by atoms with Gasteiger partial charge in [-0.25, -0.2) is 0 Å². The number of nitrogens with one attached hydrogen (secondary N) is 2. The average molecular weight is 438 g/mol. The summed E-state index contributed by atoms with van der Waals surface area (Å²) in [6, 6.07) is 12.9. The van der Waals surface area contributed by atoms with Crippen LogP contribution in [0.4, 0.5) is 5.69 Å². The Kier molecular flexibility index (Phi) is 7.12. The van der Waals surface area contributed by atoms with Gasteiger partial charge in [0.2, 0.25) is 5.91 Å². The zero-order chi connectivity index (χ0) is 22.5. The van der Waals surface area contributed by atoms with E-state index in [4.69, 9.17) is 0 Å². The fourth-order valence-corrected chi connectivity index (χ4v) is 3.86. The zero-order valence-corrected chi connectivity index (χ0v) is 19.2. The van der Waals surface area contributed by atoms with E-state index in [0.29, 0.717) is 16.5 Å². The molecule has 2 aromatic carbocycles. The SMILES string of the molecule is Cc1ccc(NC(=O)CSc2nnc([C@@H](C)NC(=O)c3ccccc3C)n2C)cc1C. The largest absolute Gasteiger partial charge is 0.342 e. The fourth-order valence-electron chi connectivity index (χ4n) is 3.14. The molecule has 0 aliphatic carbocycles. The highest BCUT2D eigenvalue weighted by Crippen LogP contribution is 2.21. The maximum absolute atomic E-state index is 12.6. The molecule has 31 heavy (non-hydrogen) atoms. The van der Waals surface area contributed by atoms with Gasteiger partial charge in [-0.1, -0.05) is 36.0 Å². The summed E-state index contributed by atoms with van der Waals surface area (Å²) < 4.78 is 1.80. The molecule has 7 nitrogen and oxygen atoms in total. The Hall–Kier alpha value is -3.13. The highest BCUT2D eigenvalue weighted by Gasteiger charge is 2.19. The van der Waals surface area contributed by atoms with Crippen LogP contribution in [0.25, 0.3) is 0 Å². The highest BCUT2D eigenvalue weighted by molar-refractivity contribution is 7.99. The van der Waals surface area contributed by atoms with Crippen LogP contribution in [0.2, 0.25) is 0 Å². The number of aryl methyl sites for hydroxylation is 3. The third-order valence-electron chi connectivity index (χ3n) is 5.12. The van der Waals surface area contributed by atoms with Crippen molar-refractivity contribution in [2.75, 3.05) is 11.1 Å². The second-order valence-corrected chi connectivity index (χ2v) is 8.49. The van der Waals surface area contributed by atoms with Crippen LogP contribution < -0.4 is 10.6 Å². The third kappa shape index (κ3) is 5.52. The van der Waals surface area contributed by atoms with E-state index in [-0.39, 0.29) is 23.6 Å². The third-order valence-corrected chi connectivity index (χ3v) is 6.14. The lowest BCUT2D eigenvalue weighted by Gasteiger charge is -2.14. The number of hydrogen-bond donors (Lipinski definition) is 2. The average Bonchev–Trinajstić information content (AvgIpc) is 3.10. The smallest absolute Gasteiger partial charge is 0.252 e. The molecule has 0 aliphatic heterocycles. The maximum atomic E-state index is 12.6. The first-order valence-electron chi connectivity index (χ1n) is 10.0. The summed E-state index contributed by atoms with van der Waals surface area (Å²) in [4.78, 5) is 24.9. The van der Waals surface area contributed by atoms with Gasteiger partial charge < -0.3 is 15.2 Å². The minimum atomic E-state index is -0.330. The van der Waals surface area contributed by atoms with Crippen LogP contribution in [-0.4, -0.2) is 32.3 Å². The van der Waals surface area contributed by atoms with Gasteiger partial charge in [0.05, 0.1) is 11.8 Å². The van der Waals surface area contributed by atoms with E-state index in [0.717, 1.165) is 16.8 Å². The molecule has 8 heteroatoms. The zero-order valence-electron chi connectivity index (χ0n) is 18.4. The van der Waals surface area contributed by atoms with E-state index in [1.165, 1.54) is 17.3 Å². The number of rotatable bonds is 7. The first kappa shape index (κ1) is 22.6. The number of carbonyl (C=O) groups is 2. The molecule has 0 saturated heterocycles. The molecular formula is C23H27N5O2S. The van der Waals surface area contributed by atoms with Gasteiger partial charge in [-0.05, 0) is 62.6 Å². The predicted octanol–water partition coefficient (Wildman–Crippen LogP) is 3.96. The van der Waals surface area contributed by atoms with Crippen LogP contribution in [0, 0.1) is 20.8 Å². The lowest BCUT2D eigenvalue weighted by Crippen LogP contribution is -2.29. The number of benzene rings is 2. The number of nitrogens with zero attached hydrogens (tertiary/aromatic N) is 3. The molecule has 1 aromatic heterocycles.